The van der Waals surface area contributed by atoms with Crippen LogP contribution in [0.3, 0.4) is 0 Å². The smallest absolute Gasteiger partial charge is 0.315 e. The van der Waals surface area contributed by atoms with Gasteiger partial charge in [0.05, 0.1) is 12.1 Å². The van der Waals surface area contributed by atoms with Crippen LogP contribution >= 0.6 is 0 Å². The molecule has 0 aliphatic carbocycles. The summed E-state index contributed by atoms with van der Waals surface area (Å²) in [4.78, 5) is 17.2. The third-order valence-corrected chi connectivity index (χ3v) is 4.67. The molecule has 1 heterocycles. The maximum Gasteiger partial charge on any atom is 0.321 e. The summed E-state index contributed by atoms with van der Waals surface area (Å²) < 4.78 is 0. The number of nitrogens with zero attached hydrogens (tertiary/aromatic N) is 2. The molecule has 0 spiro atoms. The Labute approximate surface area is 144 Å². The van der Waals surface area contributed by atoms with E-state index in [2.05, 4.69) is 72.2 Å². The Morgan fingerprint density at radius 1 is 0.708 bits per heavy atom. The molecule has 1 aliphatic rings. The highest BCUT2D eigenvalue weighted by molar-refractivity contribution is 5.78. The summed E-state index contributed by atoms with van der Waals surface area (Å²) in [6, 6.07) is 21.2. The molecule has 1 fully saturated rings. The summed E-state index contributed by atoms with van der Waals surface area (Å²) in [5.74, 6) is 0. The summed E-state index contributed by atoms with van der Waals surface area (Å²) in [6.45, 7) is 5.86. The van der Waals surface area contributed by atoms with Crippen LogP contribution in [-0.4, -0.2) is 28.9 Å². The zero-order valence-corrected chi connectivity index (χ0v) is 14.6. The third kappa shape index (κ3) is 3.03. The van der Waals surface area contributed by atoms with Crippen LogP contribution < -0.4 is 0 Å². The molecule has 2 unspecified atom stereocenters. The van der Waals surface area contributed by atoms with Crippen LogP contribution in [0, 0.1) is 0 Å². The predicted molar refractivity (Wildman–Crippen MR) is 97.8 cm³/mol. The number of hydrogen-bond acceptors (Lipinski definition) is 1. The molecule has 0 radical (unpaired) electrons. The van der Waals surface area contributed by atoms with E-state index in [9.17, 15) is 4.79 Å². The Morgan fingerprint density at radius 2 is 1.08 bits per heavy atom. The van der Waals surface area contributed by atoms with Crippen LogP contribution in [0.15, 0.2) is 60.7 Å². The first-order valence-corrected chi connectivity index (χ1v) is 8.95. The molecule has 0 bridgehead atoms. The second-order valence-corrected chi connectivity index (χ2v) is 6.38. The highest BCUT2D eigenvalue weighted by Gasteiger charge is 2.46. The lowest BCUT2D eigenvalue weighted by Gasteiger charge is -2.28. The van der Waals surface area contributed by atoms with Crippen LogP contribution in [0.4, 0.5) is 4.79 Å². The molecule has 0 saturated carbocycles. The fourth-order valence-corrected chi connectivity index (χ4v) is 3.72. The van der Waals surface area contributed by atoms with Crippen molar-refractivity contribution >= 4 is 6.03 Å². The number of hydrogen-bond donors (Lipinski definition) is 0. The van der Waals surface area contributed by atoms with Gasteiger partial charge in [-0.3, -0.25) is 0 Å². The van der Waals surface area contributed by atoms with E-state index in [0.717, 1.165) is 25.9 Å². The number of urea groups is 1. The van der Waals surface area contributed by atoms with Crippen molar-refractivity contribution in [3.05, 3.63) is 71.8 Å². The summed E-state index contributed by atoms with van der Waals surface area (Å²) >= 11 is 0. The van der Waals surface area contributed by atoms with Crippen LogP contribution in [0.1, 0.15) is 49.9 Å². The van der Waals surface area contributed by atoms with E-state index in [0.29, 0.717) is 0 Å². The quantitative estimate of drug-likeness (QED) is 0.732. The minimum atomic E-state index is 0.0765. The molecule has 2 aromatic carbocycles. The topological polar surface area (TPSA) is 23.6 Å². The predicted octanol–water partition coefficient (Wildman–Crippen LogP) is 5.03. The molecule has 3 rings (SSSR count). The van der Waals surface area contributed by atoms with Gasteiger partial charge in [0.25, 0.3) is 0 Å². The average molecular weight is 322 g/mol. The van der Waals surface area contributed by atoms with Gasteiger partial charge < -0.3 is 9.80 Å². The summed E-state index contributed by atoms with van der Waals surface area (Å²) in [5, 5.41) is 0. The Morgan fingerprint density at radius 3 is 1.42 bits per heavy atom. The number of benzene rings is 2. The SMILES string of the molecule is CCCN1C(=O)N(CCC)C(c2ccccc2)C1c1ccccc1. The van der Waals surface area contributed by atoms with Crippen molar-refractivity contribution in [3.63, 3.8) is 0 Å². The first kappa shape index (κ1) is 16.6. The zero-order valence-electron chi connectivity index (χ0n) is 14.6. The Hall–Kier alpha value is -2.29. The Balaban J connectivity index is 2.09. The molecule has 2 aromatic rings. The second kappa shape index (κ2) is 7.52. The van der Waals surface area contributed by atoms with E-state index in [1.165, 1.54) is 11.1 Å². The molecule has 3 nitrogen and oxygen atoms in total. The van der Waals surface area contributed by atoms with E-state index in [-0.39, 0.29) is 18.1 Å². The number of amides is 2. The van der Waals surface area contributed by atoms with Gasteiger partial charge in [-0.15, -0.1) is 0 Å². The van der Waals surface area contributed by atoms with Crippen molar-refractivity contribution in [1.82, 2.24) is 9.80 Å². The highest BCUT2D eigenvalue weighted by atomic mass is 16.2. The molecule has 0 N–H and O–H groups in total. The van der Waals surface area contributed by atoms with E-state index in [4.69, 9.17) is 0 Å². The van der Waals surface area contributed by atoms with Gasteiger partial charge in [0.2, 0.25) is 0 Å². The monoisotopic (exact) mass is 322 g/mol. The molecular formula is C21H26N2O. The maximum atomic E-state index is 13.1. The summed E-state index contributed by atoms with van der Waals surface area (Å²) in [5.41, 5.74) is 2.43. The molecule has 126 valence electrons. The van der Waals surface area contributed by atoms with Crippen LogP contribution in [0.25, 0.3) is 0 Å². The normalized spacial score (nSPS) is 20.7. The minimum Gasteiger partial charge on any atom is -0.315 e. The van der Waals surface area contributed by atoms with Gasteiger partial charge in [0.1, 0.15) is 0 Å². The lowest BCUT2D eigenvalue weighted by Crippen LogP contribution is -2.33. The third-order valence-electron chi connectivity index (χ3n) is 4.67. The number of carbonyl (C=O) groups excluding carboxylic acids is 1. The zero-order chi connectivity index (χ0) is 16.9. The summed E-state index contributed by atoms with van der Waals surface area (Å²) in [6.07, 6.45) is 1.94. The van der Waals surface area contributed by atoms with Gasteiger partial charge >= 0.3 is 6.03 Å². The van der Waals surface area contributed by atoms with Crippen molar-refractivity contribution in [3.8, 4) is 0 Å². The van der Waals surface area contributed by atoms with E-state index < -0.39 is 0 Å². The molecule has 0 aromatic heterocycles. The molecule has 24 heavy (non-hydrogen) atoms. The molecular weight excluding hydrogens is 296 g/mol. The van der Waals surface area contributed by atoms with Crippen molar-refractivity contribution in [2.75, 3.05) is 13.1 Å². The van der Waals surface area contributed by atoms with Gasteiger partial charge in [0.15, 0.2) is 0 Å². The maximum absolute atomic E-state index is 13.1. The van der Waals surface area contributed by atoms with Gasteiger partial charge in [-0.1, -0.05) is 74.5 Å². The summed E-state index contributed by atoms with van der Waals surface area (Å²) in [7, 11) is 0. The minimum absolute atomic E-state index is 0.0765. The Kier molecular flexibility index (Phi) is 5.19. The molecule has 3 heteroatoms. The van der Waals surface area contributed by atoms with Crippen molar-refractivity contribution in [2.45, 2.75) is 38.8 Å². The fourth-order valence-electron chi connectivity index (χ4n) is 3.72. The lowest BCUT2D eigenvalue weighted by atomic mass is 9.93. The van der Waals surface area contributed by atoms with Gasteiger partial charge in [-0.05, 0) is 24.0 Å². The van der Waals surface area contributed by atoms with Crippen molar-refractivity contribution < 1.29 is 4.79 Å². The van der Waals surface area contributed by atoms with Gasteiger partial charge in [-0.2, -0.15) is 0 Å². The first-order chi connectivity index (χ1) is 11.8. The van der Waals surface area contributed by atoms with Crippen LogP contribution in [-0.2, 0) is 0 Å². The van der Waals surface area contributed by atoms with E-state index >= 15 is 0 Å². The van der Waals surface area contributed by atoms with Crippen LogP contribution in [0.5, 0.6) is 0 Å². The number of rotatable bonds is 6. The van der Waals surface area contributed by atoms with Gasteiger partial charge in [-0.25, -0.2) is 4.79 Å². The van der Waals surface area contributed by atoms with Crippen molar-refractivity contribution in [2.24, 2.45) is 0 Å². The average Bonchev–Trinajstić information content (AvgIpc) is 2.90. The Bertz CT molecular complexity index is 599. The van der Waals surface area contributed by atoms with Crippen molar-refractivity contribution in [1.29, 1.82) is 0 Å². The highest BCUT2D eigenvalue weighted by Crippen LogP contribution is 2.44. The van der Waals surface area contributed by atoms with Gasteiger partial charge in [0, 0.05) is 13.1 Å². The van der Waals surface area contributed by atoms with E-state index in [1.54, 1.807) is 0 Å². The fraction of sp³-hybridized carbons (Fsp3) is 0.381. The largest absolute Gasteiger partial charge is 0.321 e. The molecule has 2 atom stereocenters. The number of carbonyl (C=O) groups is 1. The first-order valence-electron chi connectivity index (χ1n) is 8.95. The molecule has 1 aliphatic heterocycles. The lowest BCUT2D eigenvalue weighted by molar-refractivity contribution is 0.184. The van der Waals surface area contributed by atoms with E-state index in [1.807, 2.05) is 12.1 Å². The molecule has 1 saturated heterocycles. The second-order valence-electron chi connectivity index (χ2n) is 6.38. The standard InChI is InChI=1S/C21H26N2O/c1-3-15-22-19(17-11-7-5-8-12-17)20(18-13-9-6-10-14-18)23(16-4-2)21(22)24/h5-14,19-20H,3-4,15-16H2,1-2H3. The van der Waals surface area contributed by atoms with Crippen LogP contribution in [0.2, 0.25) is 0 Å². The molecule has 2 amide bonds.